The van der Waals surface area contributed by atoms with Crippen molar-refractivity contribution in [1.82, 2.24) is 9.78 Å². The fraction of sp³-hybridized carbons (Fsp3) is 0.824. The quantitative estimate of drug-likeness (QED) is 0.878. The van der Waals surface area contributed by atoms with Gasteiger partial charge in [0.1, 0.15) is 0 Å². The SMILES string of the molecule is CCc1nn(CC)c(CC(N)C2CCCCCCC2)c1Cl. The standard InChI is InChI=1S/C17H30ClN3/c1-3-15-17(18)16(21(4-2)20-15)12-14(19)13-10-8-6-5-7-9-11-13/h13-14H,3-12,19H2,1-2H3. The fourth-order valence-electron chi connectivity index (χ4n) is 3.52. The van der Waals surface area contributed by atoms with Crippen molar-refractivity contribution in [3.05, 3.63) is 16.4 Å². The molecule has 0 saturated heterocycles. The number of aromatic nitrogens is 2. The minimum Gasteiger partial charge on any atom is -0.327 e. The molecule has 0 spiro atoms. The van der Waals surface area contributed by atoms with E-state index >= 15 is 0 Å². The highest BCUT2D eigenvalue weighted by atomic mass is 35.5. The van der Waals surface area contributed by atoms with Crippen LogP contribution in [0.2, 0.25) is 5.02 Å². The Morgan fingerprint density at radius 3 is 2.38 bits per heavy atom. The van der Waals surface area contributed by atoms with Crippen molar-refractivity contribution >= 4 is 11.6 Å². The van der Waals surface area contributed by atoms with Crippen molar-refractivity contribution < 1.29 is 0 Å². The van der Waals surface area contributed by atoms with Crippen molar-refractivity contribution in [2.75, 3.05) is 0 Å². The van der Waals surface area contributed by atoms with Crippen LogP contribution >= 0.6 is 11.6 Å². The van der Waals surface area contributed by atoms with Crippen LogP contribution in [-0.2, 0) is 19.4 Å². The first-order chi connectivity index (χ1) is 10.2. The van der Waals surface area contributed by atoms with Gasteiger partial charge in [0.2, 0.25) is 0 Å². The average molecular weight is 312 g/mol. The van der Waals surface area contributed by atoms with Gasteiger partial charge in [-0.15, -0.1) is 0 Å². The number of halogens is 1. The molecule has 1 saturated carbocycles. The molecular weight excluding hydrogens is 282 g/mol. The largest absolute Gasteiger partial charge is 0.327 e. The normalized spacial score (nSPS) is 19.2. The Hall–Kier alpha value is -0.540. The molecule has 21 heavy (non-hydrogen) atoms. The third-order valence-corrected chi connectivity index (χ3v) is 5.31. The minimum absolute atomic E-state index is 0.215. The van der Waals surface area contributed by atoms with Gasteiger partial charge in [-0.1, -0.05) is 50.6 Å². The summed E-state index contributed by atoms with van der Waals surface area (Å²) in [4.78, 5) is 0. The topological polar surface area (TPSA) is 43.8 Å². The summed E-state index contributed by atoms with van der Waals surface area (Å²) < 4.78 is 2.05. The van der Waals surface area contributed by atoms with Crippen molar-refractivity contribution in [1.29, 1.82) is 0 Å². The van der Waals surface area contributed by atoms with E-state index in [4.69, 9.17) is 17.3 Å². The molecule has 1 atom stereocenters. The Labute approximate surface area is 134 Å². The zero-order valence-corrected chi connectivity index (χ0v) is 14.3. The summed E-state index contributed by atoms with van der Waals surface area (Å²) in [7, 11) is 0. The molecule has 1 aliphatic rings. The first-order valence-corrected chi connectivity index (χ1v) is 9.04. The zero-order chi connectivity index (χ0) is 15.2. The molecule has 1 aromatic rings. The van der Waals surface area contributed by atoms with Crippen molar-refractivity contribution in [2.24, 2.45) is 11.7 Å². The van der Waals surface area contributed by atoms with Gasteiger partial charge in [0.25, 0.3) is 0 Å². The van der Waals surface area contributed by atoms with Gasteiger partial charge in [-0.3, -0.25) is 4.68 Å². The Kier molecular flexibility index (Phi) is 6.56. The Morgan fingerprint density at radius 2 is 1.81 bits per heavy atom. The van der Waals surface area contributed by atoms with Gasteiger partial charge in [0, 0.05) is 19.0 Å². The zero-order valence-electron chi connectivity index (χ0n) is 13.6. The van der Waals surface area contributed by atoms with Crippen LogP contribution in [0.3, 0.4) is 0 Å². The van der Waals surface area contributed by atoms with Gasteiger partial charge in [0.15, 0.2) is 0 Å². The molecule has 1 unspecified atom stereocenters. The summed E-state index contributed by atoms with van der Waals surface area (Å²) in [6.07, 6.45) is 11.1. The summed E-state index contributed by atoms with van der Waals surface area (Å²) >= 11 is 6.51. The molecule has 120 valence electrons. The van der Waals surface area contributed by atoms with E-state index in [1.807, 2.05) is 4.68 Å². The van der Waals surface area contributed by atoms with Crippen LogP contribution in [0.15, 0.2) is 0 Å². The lowest BCUT2D eigenvalue weighted by molar-refractivity contribution is 0.318. The average Bonchev–Trinajstić information content (AvgIpc) is 2.74. The van der Waals surface area contributed by atoms with E-state index < -0.39 is 0 Å². The summed E-state index contributed by atoms with van der Waals surface area (Å²) in [5, 5.41) is 5.46. The second-order valence-electron chi connectivity index (χ2n) is 6.35. The number of nitrogens with zero attached hydrogens (tertiary/aromatic N) is 2. The number of nitrogens with two attached hydrogens (primary N) is 1. The fourth-order valence-corrected chi connectivity index (χ4v) is 3.86. The molecule has 1 fully saturated rings. The summed E-state index contributed by atoms with van der Waals surface area (Å²) in [6, 6.07) is 0.215. The summed E-state index contributed by atoms with van der Waals surface area (Å²) in [6.45, 7) is 5.09. The van der Waals surface area contributed by atoms with E-state index in [9.17, 15) is 0 Å². The van der Waals surface area contributed by atoms with Gasteiger partial charge in [-0.05, 0) is 32.1 Å². The Morgan fingerprint density at radius 1 is 1.19 bits per heavy atom. The molecule has 0 bridgehead atoms. The predicted molar refractivity (Wildman–Crippen MR) is 89.8 cm³/mol. The van der Waals surface area contributed by atoms with Crippen LogP contribution in [-0.4, -0.2) is 15.8 Å². The van der Waals surface area contributed by atoms with E-state index in [1.54, 1.807) is 0 Å². The first-order valence-electron chi connectivity index (χ1n) is 8.67. The molecule has 4 heteroatoms. The molecule has 0 aromatic carbocycles. The Balaban J connectivity index is 2.07. The van der Waals surface area contributed by atoms with Gasteiger partial charge in [0.05, 0.1) is 16.4 Å². The highest BCUT2D eigenvalue weighted by molar-refractivity contribution is 6.31. The van der Waals surface area contributed by atoms with Crippen molar-refractivity contribution in [2.45, 2.75) is 84.2 Å². The minimum atomic E-state index is 0.215. The highest BCUT2D eigenvalue weighted by Gasteiger charge is 2.23. The molecule has 0 amide bonds. The molecule has 0 radical (unpaired) electrons. The number of aryl methyl sites for hydroxylation is 2. The van der Waals surface area contributed by atoms with Crippen LogP contribution in [0, 0.1) is 5.92 Å². The molecule has 1 heterocycles. The molecular formula is C17H30ClN3. The third-order valence-electron chi connectivity index (χ3n) is 4.88. The van der Waals surface area contributed by atoms with Crippen LogP contribution < -0.4 is 5.73 Å². The maximum Gasteiger partial charge on any atom is 0.0850 e. The van der Waals surface area contributed by atoms with Crippen LogP contribution in [0.25, 0.3) is 0 Å². The second-order valence-corrected chi connectivity index (χ2v) is 6.73. The monoisotopic (exact) mass is 311 g/mol. The van der Waals surface area contributed by atoms with E-state index in [-0.39, 0.29) is 6.04 Å². The van der Waals surface area contributed by atoms with E-state index in [0.717, 1.165) is 35.8 Å². The Bertz CT molecular complexity index is 433. The molecule has 1 aromatic heterocycles. The maximum absolute atomic E-state index is 6.54. The molecule has 0 aliphatic heterocycles. The third kappa shape index (κ3) is 4.23. The van der Waals surface area contributed by atoms with Crippen LogP contribution in [0.1, 0.15) is 70.2 Å². The maximum atomic E-state index is 6.54. The van der Waals surface area contributed by atoms with E-state index in [1.165, 1.54) is 44.9 Å². The number of hydrogen-bond acceptors (Lipinski definition) is 2. The molecule has 2 N–H and O–H groups in total. The van der Waals surface area contributed by atoms with E-state index in [2.05, 4.69) is 18.9 Å². The lowest BCUT2D eigenvalue weighted by Crippen LogP contribution is -2.33. The van der Waals surface area contributed by atoms with Crippen LogP contribution in [0.5, 0.6) is 0 Å². The van der Waals surface area contributed by atoms with Gasteiger partial charge < -0.3 is 5.73 Å². The van der Waals surface area contributed by atoms with Gasteiger partial charge >= 0.3 is 0 Å². The molecule has 1 aliphatic carbocycles. The highest BCUT2D eigenvalue weighted by Crippen LogP contribution is 2.28. The number of rotatable bonds is 5. The number of hydrogen-bond donors (Lipinski definition) is 1. The van der Waals surface area contributed by atoms with Gasteiger partial charge in [-0.25, -0.2) is 0 Å². The predicted octanol–water partition coefficient (Wildman–Crippen LogP) is 4.35. The van der Waals surface area contributed by atoms with Gasteiger partial charge in [-0.2, -0.15) is 5.10 Å². The smallest absolute Gasteiger partial charge is 0.0850 e. The molecule has 3 nitrogen and oxygen atoms in total. The lowest BCUT2D eigenvalue weighted by Gasteiger charge is -2.26. The summed E-state index contributed by atoms with van der Waals surface area (Å²) in [5.41, 5.74) is 8.70. The van der Waals surface area contributed by atoms with E-state index in [0.29, 0.717) is 5.92 Å². The second kappa shape index (κ2) is 8.19. The van der Waals surface area contributed by atoms with Crippen LogP contribution in [0.4, 0.5) is 0 Å². The molecule has 2 rings (SSSR count). The van der Waals surface area contributed by atoms with Crippen molar-refractivity contribution in [3.8, 4) is 0 Å². The first kappa shape index (κ1) is 16.8. The van der Waals surface area contributed by atoms with Crippen molar-refractivity contribution in [3.63, 3.8) is 0 Å². The lowest BCUT2D eigenvalue weighted by atomic mass is 9.84. The summed E-state index contributed by atoms with van der Waals surface area (Å²) in [5.74, 6) is 0.645.